The topological polar surface area (TPSA) is 102 Å². The number of nitrogens with one attached hydrogen (secondary N) is 2. The maximum atomic E-state index is 11.7. The predicted molar refractivity (Wildman–Crippen MR) is 60.8 cm³/mol. The second kappa shape index (κ2) is 7.00. The number of nitrogens with two attached hydrogens (primary N) is 1. The SMILES string of the molecule is COOC[C@H](C)NC(=O)[C@H](N)Cc1cnc[nH]1. The molecule has 0 aliphatic carbocycles. The van der Waals surface area contributed by atoms with Gasteiger partial charge in [0.15, 0.2) is 0 Å². The number of carbonyl (C=O) groups excluding carboxylic acids is 1. The normalized spacial score (nSPS) is 14.3. The summed E-state index contributed by atoms with van der Waals surface area (Å²) in [5.74, 6) is -0.230. The quantitative estimate of drug-likeness (QED) is 0.436. The summed E-state index contributed by atoms with van der Waals surface area (Å²) in [7, 11) is 1.42. The van der Waals surface area contributed by atoms with Gasteiger partial charge < -0.3 is 16.0 Å². The first kappa shape index (κ1) is 13.6. The van der Waals surface area contributed by atoms with E-state index in [1.165, 1.54) is 7.11 Å². The molecule has 0 bridgehead atoms. The van der Waals surface area contributed by atoms with Crippen molar-refractivity contribution in [3.05, 3.63) is 18.2 Å². The summed E-state index contributed by atoms with van der Waals surface area (Å²) in [6, 6.07) is -0.768. The van der Waals surface area contributed by atoms with Gasteiger partial charge in [-0.25, -0.2) is 14.8 Å². The smallest absolute Gasteiger partial charge is 0.237 e. The molecule has 0 unspecified atom stereocenters. The van der Waals surface area contributed by atoms with Gasteiger partial charge in [0.05, 0.1) is 25.5 Å². The highest BCUT2D eigenvalue weighted by molar-refractivity contribution is 5.81. The number of hydrogen-bond donors (Lipinski definition) is 3. The van der Waals surface area contributed by atoms with Crippen LogP contribution in [-0.4, -0.2) is 41.7 Å². The molecule has 1 amide bonds. The Hall–Kier alpha value is -1.44. The Morgan fingerprint density at radius 1 is 1.71 bits per heavy atom. The largest absolute Gasteiger partial charge is 0.350 e. The molecule has 96 valence electrons. The monoisotopic (exact) mass is 242 g/mol. The highest BCUT2D eigenvalue weighted by Gasteiger charge is 2.16. The number of rotatable bonds is 7. The van der Waals surface area contributed by atoms with Crippen molar-refractivity contribution in [2.75, 3.05) is 13.7 Å². The van der Waals surface area contributed by atoms with Gasteiger partial charge in [-0.15, -0.1) is 0 Å². The first-order valence-corrected chi connectivity index (χ1v) is 5.32. The number of aromatic amines is 1. The summed E-state index contributed by atoms with van der Waals surface area (Å²) in [5, 5.41) is 2.72. The maximum Gasteiger partial charge on any atom is 0.237 e. The highest BCUT2D eigenvalue weighted by atomic mass is 17.2. The van der Waals surface area contributed by atoms with Crippen LogP contribution in [0.1, 0.15) is 12.6 Å². The number of H-pyrrole nitrogens is 1. The van der Waals surface area contributed by atoms with Gasteiger partial charge in [-0.3, -0.25) is 4.79 Å². The molecule has 1 aromatic heterocycles. The van der Waals surface area contributed by atoms with E-state index in [9.17, 15) is 4.79 Å². The minimum atomic E-state index is -0.611. The predicted octanol–water partition coefficient (Wildman–Crippen LogP) is -0.638. The number of aromatic nitrogens is 2. The number of carbonyl (C=O) groups is 1. The van der Waals surface area contributed by atoms with E-state index in [1.807, 2.05) is 0 Å². The van der Waals surface area contributed by atoms with E-state index in [0.29, 0.717) is 6.42 Å². The van der Waals surface area contributed by atoms with Crippen molar-refractivity contribution < 1.29 is 14.6 Å². The molecular weight excluding hydrogens is 224 g/mol. The number of nitrogens with zero attached hydrogens (tertiary/aromatic N) is 1. The molecule has 1 aromatic rings. The third kappa shape index (κ3) is 4.94. The summed E-state index contributed by atoms with van der Waals surface area (Å²) in [6.07, 6.45) is 3.61. The Bertz CT molecular complexity index is 328. The number of hydrogen-bond acceptors (Lipinski definition) is 5. The summed E-state index contributed by atoms with van der Waals surface area (Å²) < 4.78 is 0. The van der Waals surface area contributed by atoms with Crippen LogP contribution in [0.4, 0.5) is 0 Å². The van der Waals surface area contributed by atoms with Gasteiger partial charge in [-0.1, -0.05) is 0 Å². The Kier molecular flexibility index (Phi) is 5.61. The van der Waals surface area contributed by atoms with Gasteiger partial charge >= 0.3 is 0 Å². The Labute approximate surface area is 99.6 Å². The lowest BCUT2D eigenvalue weighted by Gasteiger charge is -2.16. The van der Waals surface area contributed by atoms with Gasteiger partial charge in [0, 0.05) is 18.3 Å². The molecule has 0 aromatic carbocycles. The molecule has 7 heteroatoms. The van der Waals surface area contributed by atoms with Crippen LogP contribution in [0.5, 0.6) is 0 Å². The minimum Gasteiger partial charge on any atom is -0.350 e. The summed E-state index contributed by atoms with van der Waals surface area (Å²) >= 11 is 0. The van der Waals surface area contributed by atoms with Crippen LogP contribution in [0, 0.1) is 0 Å². The lowest BCUT2D eigenvalue weighted by atomic mass is 10.1. The van der Waals surface area contributed by atoms with Crippen LogP contribution in [0.15, 0.2) is 12.5 Å². The third-order valence-electron chi connectivity index (χ3n) is 2.16. The zero-order chi connectivity index (χ0) is 12.7. The van der Waals surface area contributed by atoms with Gasteiger partial charge in [-0.05, 0) is 6.92 Å². The van der Waals surface area contributed by atoms with Crippen molar-refractivity contribution in [3.63, 3.8) is 0 Å². The third-order valence-corrected chi connectivity index (χ3v) is 2.16. The first-order chi connectivity index (χ1) is 8.13. The summed E-state index contributed by atoms with van der Waals surface area (Å²) in [4.78, 5) is 27.6. The number of amides is 1. The molecule has 0 aliphatic heterocycles. The lowest BCUT2D eigenvalue weighted by molar-refractivity contribution is -0.275. The lowest BCUT2D eigenvalue weighted by Crippen LogP contribution is -2.46. The molecule has 7 nitrogen and oxygen atoms in total. The van der Waals surface area contributed by atoms with Crippen molar-refractivity contribution in [3.8, 4) is 0 Å². The van der Waals surface area contributed by atoms with Crippen molar-refractivity contribution in [1.82, 2.24) is 15.3 Å². The molecular formula is C10H18N4O3. The Morgan fingerprint density at radius 3 is 3.06 bits per heavy atom. The summed E-state index contributed by atoms with van der Waals surface area (Å²) in [5.41, 5.74) is 6.58. The molecule has 0 radical (unpaired) electrons. The van der Waals surface area contributed by atoms with E-state index >= 15 is 0 Å². The van der Waals surface area contributed by atoms with Gasteiger partial charge in [-0.2, -0.15) is 0 Å². The van der Waals surface area contributed by atoms with Crippen LogP contribution in [-0.2, 0) is 21.0 Å². The van der Waals surface area contributed by atoms with E-state index in [0.717, 1.165) is 5.69 Å². The molecule has 0 fully saturated rings. The molecule has 4 N–H and O–H groups in total. The average Bonchev–Trinajstić information content (AvgIpc) is 2.78. The van der Waals surface area contributed by atoms with Gasteiger partial charge in [0.1, 0.15) is 6.61 Å². The Balaban J connectivity index is 2.31. The molecule has 1 heterocycles. The van der Waals surface area contributed by atoms with E-state index < -0.39 is 6.04 Å². The maximum absolute atomic E-state index is 11.7. The molecule has 17 heavy (non-hydrogen) atoms. The van der Waals surface area contributed by atoms with Crippen molar-refractivity contribution >= 4 is 5.91 Å². The fraction of sp³-hybridized carbons (Fsp3) is 0.600. The first-order valence-electron chi connectivity index (χ1n) is 5.32. The van der Waals surface area contributed by atoms with Crippen LogP contribution in [0.2, 0.25) is 0 Å². The fourth-order valence-corrected chi connectivity index (χ4v) is 1.29. The highest BCUT2D eigenvalue weighted by Crippen LogP contribution is 1.97. The standard InChI is InChI=1S/C10H18N4O3/c1-7(5-17-16-2)14-10(15)9(11)3-8-4-12-6-13-8/h4,6-7,9H,3,5,11H2,1-2H3,(H,12,13)(H,14,15)/t7-,9+/m0/s1. The number of imidazole rings is 1. The van der Waals surface area contributed by atoms with Gasteiger partial charge in [0.2, 0.25) is 5.91 Å². The molecule has 1 rings (SSSR count). The Morgan fingerprint density at radius 2 is 2.47 bits per heavy atom. The molecule has 0 spiro atoms. The molecule has 0 saturated heterocycles. The van der Waals surface area contributed by atoms with Crippen molar-refractivity contribution in [2.45, 2.75) is 25.4 Å². The summed E-state index contributed by atoms with van der Waals surface area (Å²) in [6.45, 7) is 2.08. The van der Waals surface area contributed by atoms with E-state index in [2.05, 4.69) is 20.2 Å². The van der Waals surface area contributed by atoms with Crippen LogP contribution < -0.4 is 11.1 Å². The second-order valence-electron chi connectivity index (χ2n) is 3.75. The van der Waals surface area contributed by atoms with Crippen LogP contribution >= 0.6 is 0 Å². The molecule has 2 atom stereocenters. The van der Waals surface area contributed by atoms with Crippen LogP contribution in [0.25, 0.3) is 0 Å². The van der Waals surface area contributed by atoms with E-state index in [-0.39, 0.29) is 18.6 Å². The van der Waals surface area contributed by atoms with Crippen molar-refractivity contribution in [2.24, 2.45) is 5.73 Å². The molecule has 0 saturated carbocycles. The zero-order valence-electron chi connectivity index (χ0n) is 9.97. The fourth-order valence-electron chi connectivity index (χ4n) is 1.29. The minimum absolute atomic E-state index is 0.157. The molecule has 0 aliphatic rings. The average molecular weight is 242 g/mol. The van der Waals surface area contributed by atoms with Gasteiger partial charge in [0.25, 0.3) is 0 Å². The van der Waals surface area contributed by atoms with E-state index in [4.69, 9.17) is 10.6 Å². The second-order valence-corrected chi connectivity index (χ2v) is 3.75. The zero-order valence-corrected chi connectivity index (χ0v) is 9.97. The van der Waals surface area contributed by atoms with Crippen molar-refractivity contribution in [1.29, 1.82) is 0 Å². The van der Waals surface area contributed by atoms with Crippen LogP contribution in [0.3, 0.4) is 0 Å². The van der Waals surface area contributed by atoms with E-state index in [1.54, 1.807) is 19.4 Å².